The van der Waals surface area contributed by atoms with Gasteiger partial charge in [-0.2, -0.15) is 5.26 Å². The Morgan fingerprint density at radius 2 is 1.89 bits per heavy atom. The molecule has 1 saturated carbocycles. The highest BCUT2D eigenvalue weighted by atomic mass is 32.2. The number of rotatable bonds is 7. The second-order valence-corrected chi connectivity index (χ2v) is 10.6. The van der Waals surface area contributed by atoms with Crippen LogP contribution in [0.4, 0.5) is 5.69 Å². The number of thioether (sulfide) groups is 1. The molecule has 1 N–H and O–H groups in total. The minimum absolute atomic E-state index is 0.0643. The van der Waals surface area contributed by atoms with Gasteiger partial charge in [0.2, 0.25) is 5.91 Å². The van der Waals surface area contributed by atoms with Gasteiger partial charge in [-0.25, -0.2) is 4.99 Å². The fraction of sp³-hybridized carbons (Fsp3) is 0.357. The van der Waals surface area contributed by atoms with E-state index in [2.05, 4.69) is 42.4 Å². The SMILES string of the molecule is Cc1ccc(N2C(=O)/C(=C/c3ccc(C(C)C)cc3)N=C2SCC(=O)NC(C)(C#N)C2CC2)cc1. The first kappa shape index (κ1) is 24.7. The molecule has 0 spiro atoms. The number of nitriles is 1. The number of amides is 2. The predicted molar refractivity (Wildman–Crippen MR) is 142 cm³/mol. The molecule has 1 unspecified atom stereocenters. The third-order valence-electron chi connectivity index (χ3n) is 6.39. The number of carbonyl (C=O) groups is 2. The number of carbonyl (C=O) groups excluding carboxylic acids is 2. The summed E-state index contributed by atoms with van der Waals surface area (Å²) in [5.74, 6) is 0.218. The Kier molecular flexibility index (Phi) is 7.13. The Labute approximate surface area is 211 Å². The average molecular weight is 487 g/mol. The van der Waals surface area contributed by atoms with Crippen molar-refractivity contribution in [3.63, 3.8) is 0 Å². The number of hydrogen-bond acceptors (Lipinski definition) is 5. The number of aliphatic imine (C=N–C) groups is 1. The van der Waals surface area contributed by atoms with Crippen molar-refractivity contribution in [2.24, 2.45) is 10.9 Å². The van der Waals surface area contributed by atoms with E-state index < -0.39 is 5.54 Å². The van der Waals surface area contributed by atoms with Gasteiger partial charge >= 0.3 is 0 Å². The van der Waals surface area contributed by atoms with Crippen molar-refractivity contribution in [2.45, 2.75) is 52.0 Å². The summed E-state index contributed by atoms with van der Waals surface area (Å²) in [5.41, 5.74) is 3.38. The van der Waals surface area contributed by atoms with E-state index in [1.165, 1.54) is 17.3 Å². The maximum atomic E-state index is 13.4. The van der Waals surface area contributed by atoms with Crippen LogP contribution in [0.2, 0.25) is 0 Å². The fourth-order valence-electron chi connectivity index (χ4n) is 3.99. The Balaban J connectivity index is 1.56. The number of benzene rings is 2. The van der Waals surface area contributed by atoms with Crippen LogP contribution in [-0.2, 0) is 9.59 Å². The number of hydrogen-bond donors (Lipinski definition) is 1. The molecule has 180 valence electrons. The monoisotopic (exact) mass is 486 g/mol. The normalized spacial score (nSPS) is 18.4. The minimum Gasteiger partial charge on any atom is -0.337 e. The van der Waals surface area contributed by atoms with Gasteiger partial charge in [0.25, 0.3) is 5.91 Å². The van der Waals surface area contributed by atoms with Gasteiger partial charge in [-0.3, -0.25) is 14.5 Å². The summed E-state index contributed by atoms with van der Waals surface area (Å²) < 4.78 is 0. The van der Waals surface area contributed by atoms with Gasteiger partial charge in [0.15, 0.2) is 5.17 Å². The van der Waals surface area contributed by atoms with E-state index >= 15 is 0 Å². The van der Waals surface area contributed by atoms with Crippen LogP contribution >= 0.6 is 11.8 Å². The van der Waals surface area contributed by atoms with Crippen molar-refractivity contribution in [2.75, 3.05) is 10.7 Å². The Morgan fingerprint density at radius 3 is 2.46 bits per heavy atom. The van der Waals surface area contributed by atoms with Crippen LogP contribution in [0.5, 0.6) is 0 Å². The van der Waals surface area contributed by atoms with Gasteiger partial charge in [0.1, 0.15) is 11.2 Å². The summed E-state index contributed by atoms with van der Waals surface area (Å²) in [6.07, 6.45) is 3.68. The number of nitrogens with one attached hydrogen (secondary N) is 1. The molecule has 7 heteroatoms. The zero-order chi connectivity index (χ0) is 25.2. The van der Waals surface area contributed by atoms with Crippen LogP contribution in [0, 0.1) is 24.2 Å². The lowest BCUT2D eigenvalue weighted by Gasteiger charge is -2.23. The lowest BCUT2D eigenvalue weighted by Crippen LogP contribution is -2.47. The van der Waals surface area contributed by atoms with Crippen molar-refractivity contribution < 1.29 is 9.59 Å². The molecule has 2 aromatic rings. The molecule has 0 radical (unpaired) electrons. The zero-order valence-corrected chi connectivity index (χ0v) is 21.4. The molecule has 35 heavy (non-hydrogen) atoms. The lowest BCUT2D eigenvalue weighted by atomic mass is 9.98. The van der Waals surface area contributed by atoms with Crippen molar-refractivity contribution >= 4 is 40.5 Å². The van der Waals surface area contributed by atoms with Crippen LogP contribution in [0.15, 0.2) is 59.2 Å². The van der Waals surface area contributed by atoms with Crippen LogP contribution in [0.1, 0.15) is 56.2 Å². The molecule has 1 atom stereocenters. The third-order valence-corrected chi connectivity index (χ3v) is 7.32. The Morgan fingerprint density at radius 1 is 1.23 bits per heavy atom. The number of nitrogens with zero attached hydrogens (tertiary/aromatic N) is 3. The van der Waals surface area contributed by atoms with Crippen LogP contribution < -0.4 is 10.2 Å². The highest BCUT2D eigenvalue weighted by Gasteiger charge is 2.43. The molecular weight excluding hydrogens is 456 g/mol. The Bertz CT molecular complexity index is 1220. The van der Waals surface area contributed by atoms with Crippen LogP contribution in [-0.4, -0.2) is 28.3 Å². The van der Waals surface area contributed by atoms with Crippen molar-refractivity contribution in [3.05, 3.63) is 70.9 Å². The predicted octanol–water partition coefficient (Wildman–Crippen LogP) is 5.40. The van der Waals surface area contributed by atoms with E-state index in [0.29, 0.717) is 22.5 Å². The van der Waals surface area contributed by atoms with Gasteiger partial charge in [0, 0.05) is 0 Å². The summed E-state index contributed by atoms with van der Waals surface area (Å²) in [6, 6.07) is 18.0. The topological polar surface area (TPSA) is 85.6 Å². The lowest BCUT2D eigenvalue weighted by molar-refractivity contribution is -0.120. The second kappa shape index (κ2) is 10.1. The van der Waals surface area contributed by atoms with E-state index in [1.807, 2.05) is 43.3 Å². The van der Waals surface area contributed by atoms with E-state index in [9.17, 15) is 14.9 Å². The quantitative estimate of drug-likeness (QED) is 0.531. The molecule has 2 aliphatic rings. The van der Waals surface area contributed by atoms with E-state index in [4.69, 9.17) is 0 Å². The van der Waals surface area contributed by atoms with Gasteiger partial charge in [-0.15, -0.1) is 0 Å². The summed E-state index contributed by atoms with van der Waals surface area (Å²) in [5, 5.41) is 12.9. The largest absolute Gasteiger partial charge is 0.337 e. The average Bonchev–Trinajstić information content (AvgIpc) is 3.65. The molecule has 0 aromatic heterocycles. The van der Waals surface area contributed by atoms with E-state index in [0.717, 1.165) is 24.0 Å². The number of amidine groups is 1. The Hall–Kier alpha value is -3.37. The van der Waals surface area contributed by atoms with Crippen molar-refractivity contribution in [3.8, 4) is 6.07 Å². The molecule has 4 rings (SSSR count). The molecule has 2 amide bonds. The molecule has 0 bridgehead atoms. The van der Waals surface area contributed by atoms with E-state index in [1.54, 1.807) is 17.9 Å². The molecule has 1 aliphatic heterocycles. The number of aryl methyl sites for hydroxylation is 1. The molecule has 2 aromatic carbocycles. The summed E-state index contributed by atoms with van der Waals surface area (Å²) in [7, 11) is 0. The minimum atomic E-state index is -0.852. The fourth-order valence-corrected chi connectivity index (χ4v) is 4.80. The van der Waals surface area contributed by atoms with Crippen LogP contribution in [0.3, 0.4) is 0 Å². The van der Waals surface area contributed by atoms with Gasteiger partial charge in [-0.05, 0) is 67.9 Å². The number of anilines is 1. The molecule has 1 fully saturated rings. The van der Waals surface area contributed by atoms with Crippen molar-refractivity contribution in [1.82, 2.24) is 5.32 Å². The smallest absolute Gasteiger partial charge is 0.283 e. The molecule has 1 aliphatic carbocycles. The standard InChI is InChI=1S/C28H30N4O2S/c1-18(2)21-9-7-20(8-10-21)15-24-26(34)32(23-13-5-19(3)6-14-23)27(30-24)35-16-25(33)31-28(4,17-29)22-11-12-22/h5-10,13-15,18,22H,11-12,16H2,1-4H3,(H,31,33)/b24-15-. The summed E-state index contributed by atoms with van der Waals surface area (Å²) >= 11 is 1.20. The summed E-state index contributed by atoms with van der Waals surface area (Å²) in [6.45, 7) is 8.04. The molecule has 6 nitrogen and oxygen atoms in total. The van der Waals surface area contributed by atoms with E-state index in [-0.39, 0.29) is 23.5 Å². The molecule has 0 saturated heterocycles. The zero-order valence-electron chi connectivity index (χ0n) is 20.5. The second-order valence-electron chi connectivity index (χ2n) is 9.65. The van der Waals surface area contributed by atoms with Gasteiger partial charge in [0.05, 0.1) is 17.5 Å². The first-order valence-corrected chi connectivity index (χ1v) is 12.9. The highest BCUT2D eigenvalue weighted by Crippen LogP contribution is 2.39. The van der Waals surface area contributed by atoms with Gasteiger partial charge in [-0.1, -0.05) is 67.6 Å². The molecular formula is C28H30N4O2S. The van der Waals surface area contributed by atoms with Crippen LogP contribution in [0.25, 0.3) is 6.08 Å². The first-order chi connectivity index (χ1) is 16.7. The van der Waals surface area contributed by atoms with Gasteiger partial charge < -0.3 is 5.32 Å². The maximum absolute atomic E-state index is 13.4. The summed E-state index contributed by atoms with van der Waals surface area (Å²) in [4.78, 5) is 32.2. The highest BCUT2D eigenvalue weighted by molar-refractivity contribution is 8.14. The molecule has 1 heterocycles. The van der Waals surface area contributed by atoms with Crippen molar-refractivity contribution in [1.29, 1.82) is 5.26 Å². The maximum Gasteiger partial charge on any atom is 0.283 e. The third kappa shape index (κ3) is 5.66. The first-order valence-electron chi connectivity index (χ1n) is 11.9.